The topological polar surface area (TPSA) is 41.7 Å². The second-order valence-corrected chi connectivity index (χ2v) is 5.50. The van der Waals surface area contributed by atoms with E-state index in [-0.39, 0.29) is 0 Å². The Balaban J connectivity index is 2.14. The first-order chi connectivity index (χ1) is 8.02. The predicted molar refractivity (Wildman–Crippen MR) is 72.2 cm³/mol. The summed E-state index contributed by atoms with van der Waals surface area (Å²) < 4.78 is 5.64. The van der Waals surface area contributed by atoms with Gasteiger partial charge in [-0.25, -0.2) is 0 Å². The van der Waals surface area contributed by atoms with Gasteiger partial charge in [-0.1, -0.05) is 6.92 Å². The maximum atomic E-state index is 6.08. The van der Waals surface area contributed by atoms with Gasteiger partial charge in [0.05, 0.1) is 13.2 Å². The van der Waals surface area contributed by atoms with Crippen molar-refractivity contribution in [1.29, 1.82) is 0 Å². The van der Waals surface area contributed by atoms with E-state index in [0.717, 1.165) is 39.3 Å². The normalized spacial score (nSPS) is 31.1. The van der Waals surface area contributed by atoms with Crippen LogP contribution in [0.15, 0.2) is 0 Å². The van der Waals surface area contributed by atoms with E-state index in [1.807, 2.05) is 0 Å². The van der Waals surface area contributed by atoms with E-state index in [9.17, 15) is 0 Å². The molecule has 2 N–H and O–H groups in total. The number of hydrogen-bond acceptors (Lipinski definition) is 4. The molecule has 1 aliphatic rings. The molecule has 0 aliphatic carbocycles. The number of likely N-dealkylation sites (N-methyl/N-ethyl adjacent to an activating group) is 1. The maximum Gasteiger partial charge on any atom is 0.0594 e. The van der Waals surface area contributed by atoms with Crippen molar-refractivity contribution in [3.63, 3.8) is 0 Å². The third-order valence-corrected chi connectivity index (χ3v) is 3.97. The lowest BCUT2D eigenvalue weighted by Gasteiger charge is -2.41. The van der Waals surface area contributed by atoms with Gasteiger partial charge in [0.25, 0.3) is 0 Å². The van der Waals surface area contributed by atoms with E-state index in [1.165, 1.54) is 0 Å². The van der Waals surface area contributed by atoms with E-state index in [4.69, 9.17) is 10.5 Å². The minimum absolute atomic E-state index is 0.371. The Morgan fingerprint density at radius 1 is 1.29 bits per heavy atom. The van der Waals surface area contributed by atoms with Gasteiger partial charge in [-0.2, -0.15) is 0 Å². The van der Waals surface area contributed by atoms with Crippen LogP contribution in [0.4, 0.5) is 0 Å². The van der Waals surface area contributed by atoms with E-state index in [0.29, 0.717) is 18.0 Å². The summed E-state index contributed by atoms with van der Waals surface area (Å²) in [6.45, 7) is 9.34. The maximum absolute atomic E-state index is 6.08. The van der Waals surface area contributed by atoms with Crippen molar-refractivity contribution in [3.8, 4) is 0 Å². The van der Waals surface area contributed by atoms with Gasteiger partial charge in [-0.05, 0) is 33.4 Å². The molecule has 0 amide bonds. The summed E-state index contributed by atoms with van der Waals surface area (Å²) in [6.07, 6.45) is 1.11. The van der Waals surface area contributed by atoms with Crippen LogP contribution in [-0.4, -0.2) is 68.8 Å². The van der Waals surface area contributed by atoms with Gasteiger partial charge in [0.15, 0.2) is 0 Å². The molecule has 102 valence electrons. The highest BCUT2D eigenvalue weighted by molar-refractivity contribution is 4.86. The summed E-state index contributed by atoms with van der Waals surface area (Å²) in [4.78, 5) is 4.65. The molecule has 0 radical (unpaired) electrons. The number of rotatable bonds is 6. The molecule has 1 rings (SSSR count). The highest BCUT2D eigenvalue weighted by Gasteiger charge is 2.29. The fraction of sp³-hybridized carbons (Fsp3) is 1.00. The zero-order valence-electron chi connectivity index (χ0n) is 11.9. The molecule has 17 heavy (non-hydrogen) atoms. The van der Waals surface area contributed by atoms with Crippen LogP contribution >= 0.6 is 0 Å². The molecule has 1 fully saturated rings. The van der Waals surface area contributed by atoms with E-state index in [1.54, 1.807) is 0 Å². The van der Waals surface area contributed by atoms with Gasteiger partial charge < -0.3 is 15.4 Å². The average molecular weight is 243 g/mol. The Labute approximate surface area is 106 Å². The van der Waals surface area contributed by atoms with Crippen LogP contribution in [0.3, 0.4) is 0 Å². The summed E-state index contributed by atoms with van der Waals surface area (Å²) >= 11 is 0. The van der Waals surface area contributed by atoms with Crippen molar-refractivity contribution in [2.24, 2.45) is 11.7 Å². The molecule has 0 aromatic carbocycles. The molecule has 3 unspecified atom stereocenters. The predicted octanol–water partition coefficient (Wildman–Crippen LogP) is 0.622. The Morgan fingerprint density at radius 2 is 2.00 bits per heavy atom. The standard InChI is InChI=1S/C13H29N3O/c1-11-12(2)16(6-5-13(11)14)8-10-17-9-7-15(3)4/h11-13H,5-10,14H2,1-4H3. The molecule has 4 nitrogen and oxygen atoms in total. The Bertz CT molecular complexity index is 211. The quantitative estimate of drug-likeness (QED) is 0.695. The monoisotopic (exact) mass is 243 g/mol. The van der Waals surface area contributed by atoms with Crippen molar-refractivity contribution in [2.45, 2.75) is 32.4 Å². The molecule has 0 saturated carbocycles. The van der Waals surface area contributed by atoms with Crippen LogP contribution in [0.25, 0.3) is 0 Å². The zero-order chi connectivity index (χ0) is 12.8. The molecular weight excluding hydrogens is 214 g/mol. The number of piperidine rings is 1. The van der Waals surface area contributed by atoms with Crippen LogP contribution < -0.4 is 5.73 Å². The highest BCUT2D eigenvalue weighted by Crippen LogP contribution is 2.21. The summed E-state index contributed by atoms with van der Waals surface area (Å²) in [5, 5.41) is 0. The second-order valence-electron chi connectivity index (χ2n) is 5.50. The van der Waals surface area contributed by atoms with Crippen molar-refractivity contribution in [2.75, 3.05) is 46.9 Å². The van der Waals surface area contributed by atoms with Gasteiger partial charge in [0, 0.05) is 31.7 Å². The van der Waals surface area contributed by atoms with E-state index in [2.05, 4.69) is 37.7 Å². The molecule has 0 bridgehead atoms. The second kappa shape index (κ2) is 7.31. The molecule has 0 aromatic rings. The SMILES string of the molecule is CC1C(N)CCN(CCOCCN(C)C)C1C. The van der Waals surface area contributed by atoms with Crippen molar-refractivity contribution < 1.29 is 4.74 Å². The lowest BCUT2D eigenvalue weighted by Crippen LogP contribution is -2.52. The summed E-state index contributed by atoms with van der Waals surface area (Å²) in [7, 11) is 4.14. The number of ether oxygens (including phenoxy) is 1. The lowest BCUT2D eigenvalue weighted by molar-refractivity contribution is 0.0470. The van der Waals surface area contributed by atoms with Crippen LogP contribution in [0.2, 0.25) is 0 Å². The molecule has 3 atom stereocenters. The lowest BCUT2D eigenvalue weighted by atomic mass is 9.88. The minimum Gasteiger partial charge on any atom is -0.379 e. The molecule has 1 heterocycles. The summed E-state index contributed by atoms with van der Waals surface area (Å²) in [5.74, 6) is 0.588. The molecule has 0 aromatic heterocycles. The van der Waals surface area contributed by atoms with Crippen molar-refractivity contribution >= 4 is 0 Å². The van der Waals surface area contributed by atoms with Crippen LogP contribution in [0.1, 0.15) is 20.3 Å². The Kier molecular flexibility index (Phi) is 6.41. The van der Waals surface area contributed by atoms with Gasteiger partial charge in [-0.3, -0.25) is 4.90 Å². The van der Waals surface area contributed by atoms with Crippen LogP contribution in [0.5, 0.6) is 0 Å². The third kappa shape index (κ3) is 4.92. The first-order valence-corrected chi connectivity index (χ1v) is 6.74. The van der Waals surface area contributed by atoms with Gasteiger partial charge in [0.1, 0.15) is 0 Å². The largest absolute Gasteiger partial charge is 0.379 e. The molecule has 4 heteroatoms. The van der Waals surface area contributed by atoms with Gasteiger partial charge in [0.2, 0.25) is 0 Å². The number of likely N-dealkylation sites (tertiary alicyclic amines) is 1. The summed E-state index contributed by atoms with van der Waals surface area (Å²) in [6, 6.07) is 0.951. The van der Waals surface area contributed by atoms with Crippen LogP contribution in [-0.2, 0) is 4.74 Å². The molecule has 1 aliphatic heterocycles. The average Bonchev–Trinajstić information content (AvgIpc) is 2.28. The van der Waals surface area contributed by atoms with Crippen LogP contribution in [0, 0.1) is 5.92 Å². The van der Waals surface area contributed by atoms with Crippen molar-refractivity contribution in [1.82, 2.24) is 9.80 Å². The highest BCUT2D eigenvalue weighted by atomic mass is 16.5. The molecule has 0 spiro atoms. The summed E-state index contributed by atoms with van der Waals surface area (Å²) in [5.41, 5.74) is 6.08. The first kappa shape index (κ1) is 14.9. The zero-order valence-corrected chi connectivity index (χ0v) is 11.9. The third-order valence-electron chi connectivity index (χ3n) is 3.97. The Hall–Kier alpha value is -0.160. The first-order valence-electron chi connectivity index (χ1n) is 6.74. The number of hydrogen-bond donors (Lipinski definition) is 1. The van der Waals surface area contributed by atoms with Gasteiger partial charge in [-0.15, -0.1) is 0 Å². The van der Waals surface area contributed by atoms with Crippen molar-refractivity contribution in [3.05, 3.63) is 0 Å². The number of nitrogens with two attached hydrogens (primary N) is 1. The minimum atomic E-state index is 0.371. The smallest absolute Gasteiger partial charge is 0.0594 e. The molecule has 1 saturated heterocycles. The van der Waals surface area contributed by atoms with E-state index < -0.39 is 0 Å². The van der Waals surface area contributed by atoms with E-state index >= 15 is 0 Å². The Morgan fingerprint density at radius 3 is 2.65 bits per heavy atom. The molecular formula is C13H29N3O. The van der Waals surface area contributed by atoms with Gasteiger partial charge >= 0.3 is 0 Å². The fourth-order valence-electron chi connectivity index (χ4n) is 2.32. The number of nitrogens with zero attached hydrogens (tertiary/aromatic N) is 2. The fourth-order valence-corrected chi connectivity index (χ4v) is 2.32.